The topological polar surface area (TPSA) is 77.4 Å². The van der Waals surface area contributed by atoms with Crippen molar-refractivity contribution < 1.29 is 23.6 Å². The first-order valence-corrected chi connectivity index (χ1v) is 19.4. The van der Waals surface area contributed by atoms with Crippen LogP contribution < -0.4 is 0 Å². The normalized spacial score (nSPS) is 16.2. The first-order chi connectivity index (χ1) is 21.1. The average molecular weight is 659 g/mol. The molecule has 0 aromatic heterocycles. The molecule has 0 unspecified atom stereocenters. The number of nitrogens with zero attached hydrogens (tertiary/aromatic N) is 2. The van der Waals surface area contributed by atoms with Gasteiger partial charge in [0, 0.05) is 31.0 Å². The van der Waals surface area contributed by atoms with Gasteiger partial charge in [0.2, 0.25) is 0 Å². The summed E-state index contributed by atoms with van der Waals surface area (Å²) in [7, 11) is -2.01. The molecular formula is C36H55ClN2O5Si. The molecule has 1 fully saturated rings. The molecule has 0 N–H and O–H groups in total. The number of piperidine rings is 1. The van der Waals surface area contributed by atoms with Crippen molar-refractivity contribution in [2.24, 2.45) is 5.16 Å². The van der Waals surface area contributed by atoms with Crippen LogP contribution in [0.25, 0.3) is 0 Å². The van der Waals surface area contributed by atoms with Crippen LogP contribution in [0.2, 0.25) is 23.2 Å². The zero-order valence-corrected chi connectivity index (χ0v) is 30.8. The van der Waals surface area contributed by atoms with Gasteiger partial charge in [0.05, 0.1) is 17.4 Å². The summed E-state index contributed by atoms with van der Waals surface area (Å²) in [5.74, 6) is -0.526. The number of amides is 1. The van der Waals surface area contributed by atoms with E-state index < -0.39 is 14.3 Å². The monoisotopic (exact) mass is 658 g/mol. The summed E-state index contributed by atoms with van der Waals surface area (Å²) < 4.78 is 12.4. The first-order valence-electron chi connectivity index (χ1n) is 16.2. The molecule has 0 spiro atoms. The average Bonchev–Trinajstić information content (AvgIpc) is 2.95. The van der Waals surface area contributed by atoms with Gasteiger partial charge in [-0.15, -0.1) is 6.58 Å². The van der Waals surface area contributed by atoms with Gasteiger partial charge in [-0.2, -0.15) is 0 Å². The van der Waals surface area contributed by atoms with Gasteiger partial charge in [0.1, 0.15) is 6.10 Å². The predicted octanol–water partition coefficient (Wildman–Crippen LogP) is 8.92. The minimum atomic E-state index is -2.01. The van der Waals surface area contributed by atoms with Gasteiger partial charge in [-0.05, 0) is 94.3 Å². The highest BCUT2D eigenvalue weighted by Gasteiger charge is 2.38. The molecule has 0 saturated carbocycles. The number of hydrogen-bond donors (Lipinski definition) is 0. The summed E-state index contributed by atoms with van der Waals surface area (Å²) in [6.07, 6.45) is 13.8. The summed E-state index contributed by atoms with van der Waals surface area (Å²) in [4.78, 5) is 33.7. The molecule has 1 heterocycles. The second-order valence-electron chi connectivity index (χ2n) is 13.5. The lowest BCUT2D eigenvalue weighted by Crippen LogP contribution is -2.43. The van der Waals surface area contributed by atoms with Crippen LogP contribution in [0.4, 0.5) is 0 Å². The van der Waals surface area contributed by atoms with E-state index in [-0.39, 0.29) is 36.2 Å². The molecule has 250 valence electrons. The maximum Gasteiger partial charge on any atom is 0.339 e. The maximum absolute atomic E-state index is 13.4. The molecule has 0 bridgehead atoms. The number of ether oxygens (including phenoxy) is 1. The quantitative estimate of drug-likeness (QED) is 0.0618. The van der Waals surface area contributed by atoms with Crippen LogP contribution in [0.15, 0.2) is 48.2 Å². The number of benzene rings is 1. The third-order valence-corrected chi connectivity index (χ3v) is 13.6. The Kier molecular flexibility index (Phi) is 15.3. The van der Waals surface area contributed by atoms with Crippen molar-refractivity contribution in [2.75, 3.05) is 19.7 Å². The van der Waals surface area contributed by atoms with Crippen molar-refractivity contribution in [1.82, 2.24) is 4.90 Å². The van der Waals surface area contributed by atoms with Gasteiger partial charge in [-0.25, -0.2) is 4.79 Å². The Morgan fingerprint density at radius 1 is 1.13 bits per heavy atom. The van der Waals surface area contributed by atoms with Crippen LogP contribution in [-0.4, -0.2) is 62.7 Å². The van der Waals surface area contributed by atoms with Crippen molar-refractivity contribution >= 4 is 37.5 Å². The number of carbonyl (C=O) groups is 2. The number of carbonyl (C=O) groups excluding carboxylic acids is 2. The van der Waals surface area contributed by atoms with E-state index in [1.165, 1.54) is 0 Å². The molecule has 9 heteroatoms. The van der Waals surface area contributed by atoms with Crippen molar-refractivity contribution in [1.29, 1.82) is 0 Å². The van der Waals surface area contributed by atoms with E-state index in [0.29, 0.717) is 34.7 Å². The molecule has 1 aliphatic rings. The second kappa shape index (κ2) is 17.9. The zero-order chi connectivity index (χ0) is 33.8. The Hall–Kier alpha value is -2.68. The Morgan fingerprint density at radius 3 is 2.40 bits per heavy atom. The zero-order valence-electron chi connectivity index (χ0n) is 29.0. The highest BCUT2D eigenvalue weighted by atomic mass is 35.5. The van der Waals surface area contributed by atoms with Crippen LogP contribution >= 0.6 is 11.6 Å². The van der Waals surface area contributed by atoms with Crippen LogP contribution in [0, 0.1) is 13.8 Å². The highest BCUT2D eigenvalue weighted by molar-refractivity contribution is 6.74. The van der Waals surface area contributed by atoms with Gasteiger partial charge in [-0.1, -0.05) is 67.9 Å². The summed E-state index contributed by atoms with van der Waals surface area (Å²) >= 11 is 6.85. The van der Waals surface area contributed by atoms with E-state index >= 15 is 0 Å². The fraction of sp³-hybridized carbons (Fsp3) is 0.583. The molecule has 0 aliphatic carbocycles. The van der Waals surface area contributed by atoms with E-state index in [1.54, 1.807) is 6.08 Å². The van der Waals surface area contributed by atoms with Crippen LogP contribution in [0.1, 0.15) is 93.8 Å². The SMILES string of the molecule is C=CC[C@@H](C)OC(=O)c1c(C)cc(C)c(Cl)c1CC(/C=C/C[C@@H](/C=C/C)O[Si](C)(C)C(C)(C)C)=NOCC(=O)N1CCCCC1. The molecule has 1 aromatic rings. The van der Waals surface area contributed by atoms with Gasteiger partial charge in [0.25, 0.3) is 5.91 Å². The number of hydrogen-bond acceptors (Lipinski definition) is 6. The van der Waals surface area contributed by atoms with Crippen LogP contribution in [0.5, 0.6) is 0 Å². The molecule has 2 rings (SSSR count). The minimum Gasteiger partial charge on any atom is -0.459 e. The van der Waals surface area contributed by atoms with E-state index in [2.05, 4.69) is 51.7 Å². The highest BCUT2D eigenvalue weighted by Crippen LogP contribution is 2.38. The summed E-state index contributed by atoms with van der Waals surface area (Å²) in [5, 5.41) is 4.96. The number of allylic oxidation sites excluding steroid dienone is 2. The Labute approximate surface area is 277 Å². The Balaban J connectivity index is 2.42. The number of aryl methyl sites for hydroxylation is 2. The Morgan fingerprint density at radius 2 is 1.80 bits per heavy atom. The fourth-order valence-corrected chi connectivity index (χ4v) is 6.50. The summed E-state index contributed by atoms with van der Waals surface area (Å²) in [6, 6.07) is 1.89. The molecule has 1 saturated heterocycles. The molecule has 7 nitrogen and oxygen atoms in total. The molecule has 1 aromatic carbocycles. The Bertz CT molecular complexity index is 1260. The summed E-state index contributed by atoms with van der Waals surface area (Å²) in [5.41, 5.74) is 3.18. The van der Waals surface area contributed by atoms with Crippen molar-refractivity contribution in [3.63, 3.8) is 0 Å². The molecular weight excluding hydrogens is 604 g/mol. The predicted molar refractivity (Wildman–Crippen MR) is 189 cm³/mol. The van der Waals surface area contributed by atoms with Gasteiger partial charge >= 0.3 is 5.97 Å². The summed E-state index contributed by atoms with van der Waals surface area (Å²) in [6.45, 7) is 23.9. The van der Waals surface area contributed by atoms with Crippen molar-refractivity contribution in [3.8, 4) is 0 Å². The van der Waals surface area contributed by atoms with E-state index in [1.807, 2.05) is 56.9 Å². The van der Waals surface area contributed by atoms with Crippen molar-refractivity contribution in [3.05, 3.63) is 70.3 Å². The van der Waals surface area contributed by atoms with Gasteiger partial charge < -0.3 is 18.9 Å². The lowest BCUT2D eigenvalue weighted by Gasteiger charge is -2.38. The fourth-order valence-electron chi connectivity index (χ4n) is 5.00. The van der Waals surface area contributed by atoms with E-state index in [0.717, 1.165) is 43.5 Å². The largest absolute Gasteiger partial charge is 0.459 e. The van der Waals surface area contributed by atoms with Gasteiger partial charge in [-0.3, -0.25) is 4.79 Å². The number of rotatable bonds is 15. The van der Waals surface area contributed by atoms with Gasteiger partial charge in [0.15, 0.2) is 14.9 Å². The molecule has 45 heavy (non-hydrogen) atoms. The van der Waals surface area contributed by atoms with E-state index in [9.17, 15) is 9.59 Å². The minimum absolute atomic E-state index is 0.0753. The smallest absolute Gasteiger partial charge is 0.339 e. The second-order valence-corrected chi connectivity index (χ2v) is 18.6. The molecule has 0 radical (unpaired) electrons. The van der Waals surface area contributed by atoms with Crippen LogP contribution in [0.3, 0.4) is 0 Å². The number of esters is 1. The first kappa shape index (κ1) is 38.5. The van der Waals surface area contributed by atoms with Crippen LogP contribution in [-0.2, 0) is 25.2 Å². The number of halogens is 1. The lowest BCUT2D eigenvalue weighted by atomic mass is 9.94. The van der Waals surface area contributed by atoms with E-state index in [4.69, 9.17) is 25.6 Å². The third kappa shape index (κ3) is 11.9. The molecule has 2 atom stereocenters. The molecule has 1 aliphatic heterocycles. The van der Waals surface area contributed by atoms with Crippen molar-refractivity contribution in [2.45, 2.75) is 117 Å². The number of oxime groups is 1. The maximum atomic E-state index is 13.4. The third-order valence-electron chi connectivity index (χ3n) is 8.53. The lowest BCUT2D eigenvalue weighted by molar-refractivity contribution is -0.137. The molecule has 1 amide bonds. The standard InChI is InChI=1S/C36H55ClN2O5Si/c1-11-17-28(5)43-35(41)33-26(3)23-27(4)34(37)31(33)24-29(38-42-25-32(40)39-21-14-13-15-22-39)19-16-20-30(18-12-2)44-45(9,10)36(6,7)8/h11-12,16,18-19,23,28,30H,1,13-15,17,20-22,24-25H2,2-10H3/b18-12+,19-16+,38-29?/t28-,30-/m1/s1. The number of likely N-dealkylation sites (tertiary alicyclic amines) is 1.